The maximum Gasteiger partial charge on any atom is 0.224 e. The van der Waals surface area contributed by atoms with Crippen molar-refractivity contribution in [3.8, 4) is 5.75 Å². The van der Waals surface area contributed by atoms with Crippen molar-refractivity contribution < 1.29 is 13.9 Å². The van der Waals surface area contributed by atoms with Crippen LogP contribution in [0, 0.1) is 11.7 Å². The maximum absolute atomic E-state index is 14.4. The van der Waals surface area contributed by atoms with E-state index in [0.717, 1.165) is 31.5 Å². The van der Waals surface area contributed by atoms with Crippen LogP contribution in [-0.4, -0.2) is 49.6 Å². The van der Waals surface area contributed by atoms with Crippen molar-refractivity contribution in [2.24, 2.45) is 10.9 Å². The topological polar surface area (TPSA) is 66.0 Å². The number of hydrogen-bond acceptors (Lipinski definition) is 3. The van der Waals surface area contributed by atoms with Gasteiger partial charge >= 0.3 is 0 Å². The highest BCUT2D eigenvalue weighted by Gasteiger charge is 2.22. The fourth-order valence-electron chi connectivity index (χ4n) is 3.39. The van der Waals surface area contributed by atoms with Gasteiger partial charge in [0.2, 0.25) is 5.91 Å². The molecular weight excluding hydrogens is 371 g/mol. The third-order valence-electron chi connectivity index (χ3n) is 5.38. The van der Waals surface area contributed by atoms with Gasteiger partial charge in [0.25, 0.3) is 0 Å². The average molecular weight is 405 g/mol. The van der Waals surface area contributed by atoms with Gasteiger partial charge in [-0.3, -0.25) is 9.79 Å². The van der Waals surface area contributed by atoms with Gasteiger partial charge in [0, 0.05) is 26.1 Å². The number of hydrogen-bond donors (Lipinski definition) is 2. The van der Waals surface area contributed by atoms with Crippen molar-refractivity contribution in [3.63, 3.8) is 0 Å². The van der Waals surface area contributed by atoms with Crippen LogP contribution >= 0.6 is 0 Å². The summed E-state index contributed by atoms with van der Waals surface area (Å²) in [5.74, 6) is 1.36. The molecule has 1 heterocycles. The monoisotopic (exact) mass is 404 g/mol. The first kappa shape index (κ1) is 21.4. The Hall–Kier alpha value is -2.31. The van der Waals surface area contributed by atoms with Gasteiger partial charge in [-0.1, -0.05) is 6.07 Å². The summed E-state index contributed by atoms with van der Waals surface area (Å²) in [4.78, 5) is 18.6. The highest BCUT2D eigenvalue weighted by molar-refractivity contribution is 5.81. The van der Waals surface area contributed by atoms with Gasteiger partial charge in [0.1, 0.15) is 0 Å². The molecule has 0 aromatic heterocycles. The summed E-state index contributed by atoms with van der Waals surface area (Å²) in [6.07, 6.45) is 4.95. The Balaban J connectivity index is 1.52. The lowest BCUT2D eigenvalue weighted by Gasteiger charge is -2.19. The Labute approximate surface area is 172 Å². The molecular formula is C22H33FN4O2. The number of likely N-dealkylation sites (tertiary alicyclic amines) is 1. The van der Waals surface area contributed by atoms with E-state index in [-0.39, 0.29) is 17.8 Å². The molecule has 1 saturated heterocycles. The van der Waals surface area contributed by atoms with Gasteiger partial charge in [-0.15, -0.1) is 0 Å². The molecule has 0 spiro atoms. The van der Waals surface area contributed by atoms with E-state index >= 15 is 0 Å². The molecule has 3 rings (SSSR count). The second-order valence-corrected chi connectivity index (χ2v) is 7.91. The number of halogens is 1. The molecule has 7 heteroatoms. The van der Waals surface area contributed by atoms with E-state index in [0.29, 0.717) is 43.7 Å². The molecule has 1 aliphatic heterocycles. The minimum absolute atomic E-state index is 0.130. The van der Waals surface area contributed by atoms with Crippen molar-refractivity contribution in [2.75, 3.05) is 32.8 Å². The molecule has 1 unspecified atom stereocenters. The molecule has 1 aromatic rings. The SMILES string of the molecule is CCNC(=NCCC(=O)N1CCCC1)NC(C)c1ccc(OCC2CC2)c(F)c1. The predicted molar refractivity (Wildman–Crippen MR) is 113 cm³/mol. The number of nitrogens with one attached hydrogen (secondary N) is 2. The van der Waals surface area contributed by atoms with Gasteiger partial charge in [0.15, 0.2) is 17.5 Å². The quantitative estimate of drug-likeness (QED) is 0.490. The molecule has 6 nitrogen and oxygen atoms in total. The number of guanidine groups is 1. The van der Waals surface area contributed by atoms with E-state index < -0.39 is 0 Å². The third-order valence-corrected chi connectivity index (χ3v) is 5.38. The Bertz CT molecular complexity index is 715. The number of carbonyl (C=O) groups excluding carboxylic acids is 1. The number of benzene rings is 1. The fraction of sp³-hybridized carbons (Fsp3) is 0.636. The smallest absolute Gasteiger partial charge is 0.224 e. The molecule has 1 aromatic carbocycles. The van der Waals surface area contributed by atoms with Crippen LogP contribution in [0.25, 0.3) is 0 Å². The Morgan fingerprint density at radius 3 is 2.76 bits per heavy atom. The molecule has 1 aliphatic carbocycles. The first-order valence-electron chi connectivity index (χ1n) is 10.8. The molecule has 0 radical (unpaired) electrons. The number of rotatable bonds is 9. The zero-order valence-corrected chi connectivity index (χ0v) is 17.5. The van der Waals surface area contributed by atoms with Crippen LogP contribution in [0.2, 0.25) is 0 Å². The van der Waals surface area contributed by atoms with Crippen molar-refractivity contribution in [2.45, 2.75) is 52.0 Å². The van der Waals surface area contributed by atoms with Crippen LogP contribution in [0.15, 0.2) is 23.2 Å². The number of ether oxygens (including phenoxy) is 1. The summed E-state index contributed by atoms with van der Waals surface area (Å²) < 4.78 is 19.9. The maximum atomic E-state index is 14.4. The zero-order valence-electron chi connectivity index (χ0n) is 17.5. The number of nitrogens with zero attached hydrogens (tertiary/aromatic N) is 2. The number of aliphatic imine (C=N–C) groups is 1. The first-order chi connectivity index (χ1) is 14.1. The average Bonchev–Trinajstić information content (AvgIpc) is 3.37. The molecule has 1 amide bonds. The normalized spacial score (nSPS) is 17.9. The predicted octanol–water partition coefficient (Wildman–Crippen LogP) is 3.24. The molecule has 29 heavy (non-hydrogen) atoms. The highest BCUT2D eigenvalue weighted by Crippen LogP contribution is 2.30. The van der Waals surface area contributed by atoms with Crippen molar-refractivity contribution in [1.82, 2.24) is 15.5 Å². The van der Waals surface area contributed by atoms with Crippen LogP contribution < -0.4 is 15.4 Å². The van der Waals surface area contributed by atoms with Gasteiger partial charge in [-0.05, 0) is 63.1 Å². The molecule has 2 N–H and O–H groups in total. The largest absolute Gasteiger partial charge is 0.490 e. The van der Waals surface area contributed by atoms with Crippen LogP contribution in [0.3, 0.4) is 0 Å². The van der Waals surface area contributed by atoms with E-state index in [4.69, 9.17) is 4.74 Å². The lowest BCUT2D eigenvalue weighted by atomic mass is 10.1. The summed E-state index contributed by atoms with van der Waals surface area (Å²) in [6.45, 7) is 7.41. The van der Waals surface area contributed by atoms with E-state index in [1.807, 2.05) is 24.8 Å². The Kier molecular flexibility index (Phi) is 7.72. The minimum Gasteiger partial charge on any atom is -0.490 e. The van der Waals surface area contributed by atoms with E-state index in [9.17, 15) is 9.18 Å². The van der Waals surface area contributed by atoms with Crippen molar-refractivity contribution >= 4 is 11.9 Å². The lowest BCUT2D eigenvalue weighted by molar-refractivity contribution is -0.129. The Morgan fingerprint density at radius 2 is 2.10 bits per heavy atom. The molecule has 1 saturated carbocycles. The number of amides is 1. The minimum atomic E-state index is -0.338. The molecule has 2 fully saturated rings. The van der Waals surface area contributed by atoms with Gasteiger partial charge in [0.05, 0.1) is 19.2 Å². The van der Waals surface area contributed by atoms with E-state index in [2.05, 4.69) is 15.6 Å². The van der Waals surface area contributed by atoms with E-state index in [1.54, 1.807) is 6.07 Å². The van der Waals surface area contributed by atoms with Crippen LogP contribution in [0.1, 0.15) is 57.6 Å². The summed E-state index contributed by atoms with van der Waals surface area (Å²) in [5.41, 5.74) is 0.819. The van der Waals surface area contributed by atoms with Crippen molar-refractivity contribution in [1.29, 1.82) is 0 Å². The molecule has 160 valence electrons. The van der Waals surface area contributed by atoms with Gasteiger partial charge in [-0.2, -0.15) is 0 Å². The highest BCUT2D eigenvalue weighted by atomic mass is 19.1. The standard InChI is InChI=1S/C22H33FN4O2/c1-3-24-22(25-11-10-21(28)27-12-4-5-13-27)26-16(2)18-8-9-20(19(23)14-18)29-15-17-6-7-17/h8-9,14,16-17H,3-7,10-13,15H2,1-2H3,(H2,24,25,26). The molecule has 1 atom stereocenters. The summed E-state index contributed by atoms with van der Waals surface area (Å²) in [5, 5.41) is 6.48. The summed E-state index contributed by atoms with van der Waals surface area (Å²) in [7, 11) is 0. The second kappa shape index (κ2) is 10.5. The lowest BCUT2D eigenvalue weighted by Crippen LogP contribution is -2.39. The fourth-order valence-corrected chi connectivity index (χ4v) is 3.39. The number of carbonyl (C=O) groups is 1. The van der Waals surface area contributed by atoms with E-state index in [1.165, 1.54) is 18.9 Å². The molecule has 2 aliphatic rings. The first-order valence-corrected chi connectivity index (χ1v) is 10.8. The Morgan fingerprint density at radius 1 is 1.34 bits per heavy atom. The van der Waals surface area contributed by atoms with Crippen LogP contribution in [-0.2, 0) is 4.79 Å². The van der Waals surface area contributed by atoms with Crippen LogP contribution in [0.5, 0.6) is 5.75 Å². The summed E-state index contributed by atoms with van der Waals surface area (Å²) in [6, 6.07) is 4.96. The van der Waals surface area contributed by atoms with Crippen molar-refractivity contribution in [3.05, 3.63) is 29.6 Å². The van der Waals surface area contributed by atoms with Crippen LogP contribution in [0.4, 0.5) is 4.39 Å². The second-order valence-electron chi connectivity index (χ2n) is 7.91. The van der Waals surface area contributed by atoms with Gasteiger partial charge < -0.3 is 20.3 Å². The third kappa shape index (κ3) is 6.61. The zero-order chi connectivity index (χ0) is 20.6. The molecule has 0 bridgehead atoms. The van der Waals surface area contributed by atoms with Gasteiger partial charge in [-0.25, -0.2) is 4.39 Å². The summed E-state index contributed by atoms with van der Waals surface area (Å²) >= 11 is 0.